The maximum atomic E-state index is 15.9. The van der Waals surface area contributed by atoms with Gasteiger partial charge in [-0.1, -0.05) is 74.1 Å². The maximum Gasteiger partial charge on any atom is 0.459 e. The standard InChI is InChI=1S/C28H27F5O4S/c1-3-36-27(26(29,30)28(31,32)33)25(20-17-22-13-7-4-8-14-22,38(34,35)23-15-9-5-10-16-23)21(2)24(37-27)18-11-6-12-19-24/h4-5,7-10,13-16H,2-3,6,11-12,18-19H2,1H3/t25-,27+/m0/s1. The van der Waals surface area contributed by atoms with Gasteiger partial charge in [-0.3, -0.25) is 0 Å². The molecule has 0 aromatic heterocycles. The minimum Gasteiger partial charge on any atom is -0.343 e. The molecule has 0 N–H and O–H groups in total. The number of alkyl halides is 5. The summed E-state index contributed by atoms with van der Waals surface area (Å²) in [6, 6.07) is 14.2. The van der Waals surface area contributed by atoms with Crippen LogP contribution >= 0.6 is 0 Å². The second-order valence-electron chi connectivity index (χ2n) is 9.37. The van der Waals surface area contributed by atoms with Crippen LogP contribution in [0.5, 0.6) is 0 Å². The van der Waals surface area contributed by atoms with E-state index in [0.29, 0.717) is 19.3 Å². The molecule has 204 valence electrons. The first kappa shape index (κ1) is 28.3. The van der Waals surface area contributed by atoms with Gasteiger partial charge < -0.3 is 9.47 Å². The summed E-state index contributed by atoms with van der Waals surface area (Å²) < 4.78 is 111. The molecule has 1 heterocycles. The Kier molecular flexibility index (Phi) is 7.27. The van der Waals surface area contributed by atoms with E-state index in [2.05, 4.69) is 18.4 Å². The van der Waals surface area contributed by atoms with Crippen molar-refractivity contribution >= 4 is 9.84 Å². The summed E-state index contributed by atoms with van der Waals surface area (Å²) in [6.07, 6.45) is -4.77. The second kappa shape index (κ2) is 9.78. The molecule has 38 heavy (non-hydrogen) atoms. The minimum absolute atomic E-state index is 0.00628. The molecule has 2 fully saturated rings. The highest BCUT2D eigenvalue weighted by Crippen LogP contribution is 2.65. The molecule has 0 bridgehead atoms. The molecule has 0 amide bonds. The molecule has 1 aliphatic heterocycles. The molecule has 1 spiro atoms. The van der Waals surface area contributed by atoms with Crippen LogP contribution in [-0.2, 0) is 19.3 Å². The highest BCUT2D eigenvalue weighted by atomic mass is 32.2. The van der Waals surface area contributed by atoms with Crippen molar-refractivity contribution in [2.75, 3.05) is 6.61 Å². The SMILES string of the molecule is C=C1C2(CCCCC2)O[C@@](OCC)(C(F)(F)C(F)(F)F)[C@@]1(C#Cc1ccccc1)S(=O)(=O)c1ccccc1. The van der Waals surface area contributed by atoms with E-state index >= 15 is 8.78 Å². The molecule has 1 aliphatic carbocycles. The third-order valence-corrected chi connectivity index (χ3v) is 9.49. The van der Waals surface area contributed by atoms with Crippen LogP contribution in [0.15, 0.2) is 77.7 Å². The highest BCUT2D eigenvalue weighted by Gasteiger charge is 2.88. The van der Waals surface area contributed by atoms with Gasteiger partial charge in [-0.25, -0.2) is 8.42 Å². The van der Waals surface area contributed by atoms with E-state index in [1.54, 1.807) is 18.2 Å². The van der Waals surface area contributed by atoms with Crippen molar-refractivity contribution in [3.05, 3.63) is 78.4 Å². The van der Waals surface area contributed by atoms with Gasteiger partial charge in [0.1, 0.15) is 0 Å². The zero-order valence-corrected chi connectivity index (χ0v) is 21.5. The predicted octanol–water partition coefficient (Wildman–Crippen LogP) is 6.47. The molecular weight excluding hydrogens is 527 g/mol. The van der Waals surface area contributed by atoms with Gasteiger partial charge in [0, 0.05) is 12.2 Å². The summed E-state index contributed by atoms with van der Waals surface area (Å²) in [5, 5.41) is 0. The summed E-state index contributed by atoms with van der Waals surface area (Å²) in [5.74, 6) is -4.97. The molecule has 4 rings (SSSR count). The minimum atomic E-state index is -6.24. The number of ether oxygens (including phenoxy) is 2. The van der Waals surface area contributed by atoms with Crippen molar-refractivity contribution in [1.82, 2.24) is 0 Å². The van der Waals surface area contributed by atoms with E-state index < -0.39 is 55.1 Å². The Morgan fingerprint density at radius 2 is 1.50 bits per heavy atom. The Balaban J connectivity index is 2.19. The molecule has 2 aliphatic rings. The van der Waals surface area contributed by atoms with Crippen LogP contribution in [-0.4, -0.2) is 43.3 Å². The summed E-state index contributed by atoms with van der Waals surface area (Å²) in [7, 11) is -5.17. The van der Waals surface area contributed by atoms with Gasteiger partial charge in [-0.15, -0.1) is 0 Å². The van der Waals surface area contributed by atoms with E-state index in [-0.39, 0.29) is 18.4 Å². The number of sulfone groups is 1. The van der Waals surface area contributed by atoms with Gasteiger partial charge in [-0.2, -0.15) is 22.0 Å². The molecule has 4 nitrogen and oxygen atoms in total. The molecule has 1 saturated heterocycles. The largest absolute Gasteiger partial charge is 0.459 e. The third-order valence-electron chi connectivity index (χ3n) is 7.17. The van der Waals surface area contributed by atoms with Crippen LogP contribution in [0.25, 0.3) is 0 Å². The highest BCUT2D eigenvalue weighted by molar-refractivity contribution is 7.93. The van der Waals surface area contributed by atoms with Crippen LogP contribution in [0.3, 0.4) is 0 Å². The number of hydrogen-bond donors (Lipinski definition) is 0. The molecule has 1 saturated carbocycles. The number of halogens is 5. The fourth-order valence-electron chi connectivity index (χ4n) is 5.37. The van der Waals surface area contributed by atoms with E-state index in [4.69, 9.17) is 9.47 Å². The van der Waals surface area contributed by atoms with Gasteiger partial charge in [0.25, 0.3) is 5.79 Å². The second-order valence-corrected chi connectivity index (χ2v) is 11.5. The molecular formula is C28H27F5O4S. The van der Waals surface area contributed by atoms with Crippen molar-refractivity contribution < 1.29 is 39.8 Å². The Morgan fingerprint density at radius 3 is 2.03 bits per heavy atom. The normalized spacial score (nSPS) is 25.7. The summed E-state index contributed by atoms with van der Waals surface area (Å²) >= 11 is 0. The predicted molar refractivity (Wildman–Crippen MR) is 131 cm³/mol. The Morgan fingerprint density at radius 1 is 0.947 bits per heavy atom. The number of hydrogen-bond acceptors (Lipinski definition) is 4. The van der Waals surface area contributed by atoms with E-state index in [9.17, 15) is 21.6 Å². The monoisotopic (exact) mass is 554 g/mol. The quantitative estimate of drug-likeness (QED) is 0.242. The lowest BCUT2D eigenvalue weighted by atomic mass is 9.75. The molecule has 10 heteroatoms. The fourth-order valence-corrected chi connectivity index (χ4v) is 7.52. The average molecular weight is 555 g/mol. The fraction of sp³-hybridized carbons (Fsp3) is 0.429. The smallest absolute Gasteiger partial charge is 0.343 e. The lowest BCUT2D eigenvalue weighted by molar-refractivity contribution is -0.420. The Hall–Kier alpha value is -2.74. The Labute approximate surface area is 218 Å². The van der Waals surface area contributed by atoms with Gasteiger partial charge >= 0.3 is 12.1 Å². The van der Waals surface area contributed by atoms with Crippen LogP contribution in [0.2, 0.25) is 0 Å². The van der Waals surface area contributed by atoms with E-state index in [0.717, 1.165) is 12.1 Å². The zero-order valence-electron chi connectivity index (χ0n) is 20.7. The van der Waals surface area contributed by atoms with Crippen molar-refractivity contribution in [3.8, 4) is 11.8 Å². The van der Waals surface area contributed by atoms with Crippen LogP contribution in [0.1, 0.15) is 44.6 Å². The average Bonchev–Trinajstić information content (AvgIpc) is 3.09. The van der Waals surface area contributed by atoms with E-state index in [1.165, 1.54) is 37.3 Å². The van der Waals surface area contributed by atoms with Gasteiger partial charge in [0.05, 0.1) is 10.5 Å². The summed E-state index contributed by atoms with van der Waals surface area (Å²) in [4.78, 5) is -0.512. The molecule has 0 unspecified atom stereocenters. The van der Waals surface area contributed by atoms with Crippen molar-refractivity contribution in [2.45, 2.75) is 72.2 Å². The van der Waals surface area contributed by atoms with Gasteiger partial charge in [0.15, 0.2) is 0 Å². The summed E-state index contributed by atoms with van der Waals surface area (Å²) in [5.41, 5.74) is -2.10. The van der Waals surface area contributed by atoms with Gasteiger partial charge in [0.2, 0.25) is 14.6 Å². The van der Waals surface area contributed by atoms with Crippen LogP contribution < -0.4 is 0 Å². The first-order valence-electron chi connectivity index (χ1n) is 12.2. The summed E-state index contributed by atoms with van der Waals surface area (Å²) in [6.45, 7) is 4.35. The molecule has 2 atom stereocenters. The Bertz CT molecular complexity index is 1340. The third kappa shape index (κ3) is 3.98. The van der Waals surface area contributed by atoms with E-state index in [1.807, 2.05) is 0 Å². The van der Waals surface area contributed by atoms with Crippen LogP contribution in [0.4, 0.5) is 22.0 Å². The number of rotatable bonds is 5. The van der Waals surface area contributed by atoms with Crippen molar-refractivity contribution in [3.63, 3.8) is 0 Å². The van der Waals surface area contributed by atoms with Crippen molar-refractivity contribution in [1.29, 1.82) is 0 Å². The lowest BCUT2D eigenvalue weighted by Crippen LogP contribution is -2.70. The first-order chi connectivity index (χ1) is 17.8. The molecule has 0 radical (unpaired) electrons. The topological polar surface area (TPSA) is 52.6 Å². The van der Waals surface area contributed by atoms with Crippen molar-refractivity contribution in [2.24, 2.45) is 0 Å². The molecule has 2 aromatic carbocycles. The number of benzene rings is 2. The molecule has 2 aromatic rings. The zero-order chi connectivity index (χ0) is 27.9. The lowest BCUT2D eigenvalue weighted by Gasteiger charge is -2.44. The first-order valence-corrected chi connectivity index (χ1v) is 13.7. The van der Waals surface area contributed by atoms with Gasteiger partial charge in [-0.05, 0) is 49.6 Å². The van der Waals surface area contributed by atoms with Crippen LogP contribution in [0, 0.1) is 11.8 Å². The maximum absolute atomic E-state index is 15.9.